The molecule has 0 radical (unpaired) electrons. The molecule has 0 bridgehead atoms. The highest BCUT2D eigenvalue weighted by molar-refractivity contribution is 5.27. The molecule has 1 aromatic rings. The second-order valence-electron chi connectivity index (χ2n) is 6.09. The summed E-state index contributed by atoms with van der Waals surface area (Å²) >= 11 is 0. The van der Waals surface area contributed by atoms with Gasteiger partial charge in [-0.15, -0.1) is 0 Å². The second kappa shape index (κ2) is 6.03. The maximum absolute atomic E-state index is 9.34. The van der Waals surface area contributed by atoms with Crippen LogP contribution in [-0.2, 0) is 11.3 Å². The standard InChI is InChI=1S/C14H24N4O2/c1-14(2)10-18(8-12(9-19)20-14)7-11-5-6-15-13(16-11)17(3)4/h5-6,12,19H,7-10H2,1-4H3. The molecule has 0 amide bonds. The SMILES string of the molecule is CN(C)c1nccc(CN2CC(CO)OC(C)(C)C2)n1. The monoisotopic (exact) mass is 280 g/mol. The van der Waals surface area contributed by atoms with E-state index in [9.17, 15) is 5.11 Å². The first-order chi connectivity index (χ1) is 9.39. The average molecular weight is 280 g/mol. The highest BCUT2D eigenvalue weighted by Gasteiger charge is 2.33. The lowest BCUT2D eigenvalue weighted by Crippen LogP contribution is -2.53. The van der Waals surface area contributed by atoms with Gasteiger partial charge in [-0.2, -0.15) is 0 Å². The van der Waals surface area contributed by atoms with E-state index in [-0.39, 0.29) is 18.3 Å². The summed E-state index contributed by atoms with van der Waals surface area (Å²) in [6, 6.07) is 1.93. The van der Waals surface area contributed by atoms with Gasteiger partial charge in [0.25, 0.3) is 0 Å². The smallest absolute Gasteiger partial charge is 0.225 e. The van der Waals surface area contributed by atoms with Crippen LogP contribution >= 0.6 is 0 Å². The topological polar surface area (TPSA) is 61.7 Å². The van der Waals surface area contributed by atoms with E-state index in [4.69, 9.17) is 4.74 Å². The zero-order valence-electron chi connectivity index (χ0n) is 12.7. The van der Waals surface area contributed by atoms with E-state index in [1.165, 1.54) is 0 Å². The zero-order valence-corrected chi connectivity index (χ0v) is 12.7. The second-order valence-corrected chi connectivity index (χ2v) is 6.09. The molecule has 2 heterocycles. The molecule has 0 saturated carbocycles. The van der Waals surface area contributed by atoms with Crippen LogP contribution in [0.2, 0.25) is 0 Å². The number of morpholine rings is 1. The minimum absolute atomic E-state index is 0.0483. The van der Waals surface area contributed by atoms with Crippen molar-refractivity contribution in [3.8, 4) is 0 Å². The van der Waals surface area contributed by atoms with Crippen LogP contribution in [0.1, 0.15) is 19.5 Å². The van der Waals surface area contributed by atoms with Crippen LogP contribution in [0, 0.1) is 0 Å². The lowest BCUT2D eigenvalue weighted by Gasteiger charge is -2.42. The molecule has 1 aliphatic heterocycles. The first-order valence-corrected chi connectivity index (χ1v) is 6.90. The van der Waals surface area contributed by atoms with Crippen LogP contribution in [0.4, 0.5) is 5.95 Å². The van der Waals surface area contributed by atoms with Gasteiger partial charge in [0.15, 0.2) is 0 Å². The Bertz CT molecular complexity index is 451. The van der Waals surface area contributed by atoms with Gasteiger partial charge in [-0.25, -0.2) is 9.97 Å². The maximum Gasteiger partial charge on any atom is 0.225 e. The molecular weight excluding hydrogens is 256 g/mol. The number of aromatic nitrogens is 2. The first-order valence-electron chi connectivity index (χ1n) is 6.90. The Balaban J connectivity index is 2.07. The Morgan fingerprint density at radius 2 is 2.25 bits per heavy atom. The predicted molar refractivity (Wildman–Crippen MR) is 77.7 cm³/mol. The summed E-state index contributed by atoms with van der Waals surface area (Å²) in [5, 5.41) is 9.34. The summed E-state index contributed by atoms with van der Waals surface area (Å²) in [7, 11) is 3.86. The number of rotatable bonds is 4. The zero-order chi connectivity index (χ0) is 14.8. The number of ether oxygens (including phenoxy) is 1. The van der Waals surface area contributed by atoms with Gasteiger partial charge in [0.05, 0.1) is 24.0 Å². The quantitative estimate of drug-likeness (QED) is 0.867. The van der Waals surface area contributed by atoms with Crippen LogP contribution in [0.25, 0.3) is 0 Å². The Morgan fingerprint density at radius 1 is 1.50 bits per heavy atom. The van der Waals surface area contributed by atoms with Crippen LogP contribution in [-0.4, -0.2) is 65.5 Å². The average Bonchev–Trinajstić information content (AvgIpc) is 2.37. The van der Waals surface area contributed by atoms with Gasteiger partial charge in [0.1, 0.15) is 0 Å². The lowest BCUT2D eigenvalue weighted by molar-refractivity contribution is -0.150. The van der Waals surface area contributed by atoms with E-state index in [1.54, 1.807) is 6.20 Å². The van der Waals surface area contributed by atoms with Crippen molar-refractivity contribution in [3.05, 3.63) is 18.0 Å². The molecule has 0 spiro atoms. The molecule has 1 unspecified atom stereocenters. The van der Waals surface area contributed by atoms with E-state index >= 15 is 0 Å². The summed E-state index contributed by atoms with van der Waals surface area (Å²) in [5.74, 6) is 0.716. The molecule has 0 aromatic carbocycles. The van der Waals surface area contributed by atoms with E-state index < -0.39 is 0 Å². The third-order valence-corrected chi connectivity index (χ3v) is 3.24. The van der Waals surface area contributed by atoms with Crippen LogP contribution in [0.5, 0.6) is 0 Å². The van der Waals surface area contributed by atoms with Crippen molar-refractivity contribution < 1.29 is 9.84 Å². The third-order valence-electron chi connectivity index (χ3n) is 3.24. The largest absolute Gasteiger partial charge is 0.394 e. The number of nitrogens with zero attached hydrogens (tertiary/aromatic N) is 4. The summed E-state index contributed by atoms with van der Waals surface area (Å²) in [5.41, 5.74) is 0.737. The molecule has 1 aliphatic rings. The van der Waals surface area contributed by atoms with Gasteiger partial charge < -0.3 is 14.7 Å². The molecule has 1 aromatic heterocycles. The molecule has 1 atom stereocenters. The summed E-state index contributed by atoms with van der Waals surface area (Å²) in [6.45, 7) is 6.44. The number of hydrogen-bond acceptors (Lipinski definition) is 6. The minimum Gasteiger partial charge on any atom is -0.394 e. The van der Waals surface area contributed by atoms with Crippen LogP contribution < -0.4 is 4.90 Å². The molecule has 2 rings (SSSR count). The molecule has 6 heteroatoms. The van der Waals surface area contributed by atoms with Gasteiger partial charge in [-0.3, -0.25) is 4.90 Å². The molecule has 1 fully saturated rings. The van der Waals surface area contributed by atoms with Crippen molar-refractivity contribution in [3.63, 3.8) is 0 Å². The van der Waals surface area contributed by atoms with Crippen molar-refractivity contribution in [2.45, 2.75) is 32.1 Å². The fourth-order valence-electron chi connectivity index (χ4n) is 2.55. The molecule has 1 N–H and O–H groups in total. The predicted octanol–water partition coefficient (Wildman–Crippen LogP) is 0.514. The van der Waals surface area contributed by atoms with E-state index in [1.807, 2.05) is 38.9 Å². The fraction of sp³-hybridized carbons (Fsp3) is 0.714. The minimum atomic E-state index is -0.247. The number of hydrogen-bond donors (Lipinski definition) is 1. The van der Waals surface area contributed by atoms with Gasteiger partial charge in [0, 0.05) is 39.9 Å². The highest BCUT2D eigenvalue weighted by atomic mass is 16.5. The van der Waals surface area contributed by atoms with E-state index in [2.05, 4.69) is 14.9 Å². The Hall–Kier alpha value is -1.24. The number of anilines is 1. The van der Waals surface area contributed by atoms with Crippen molar-refractivity contribution in [2.75, 3.05) is 38.7 Å². The normalized spacial score (nSPS) is 22.8. The number of aliphatic hydroxyl groups is 1. The summed E-state index contributed by atoms with van der Waals surface area (Å²) in [6.07, 6.45) is 1.65. The van der Waals surface area contributed by atoms with Crippen LogP contribution in [0.3, 0.4) is 0 Å². The van der Waals surface area contributed by atoms with Crippen molar-refractivity contribution in [1.82, 2.24) is 14.9 Å². The maximum atomic E-state index is 9.34. The highest BCUT2D eigenvalue weighted by Crippen LogP contribution is 2.22. The van der Waals surface area contributed by atoms with Crippen molar-refractivity contribution >= 4 is 5.95 Å². The number of aliphatic hydroxyl groups excluding tert-OH is 1. The van der Waals surface area contributed by atoms with E-state index in [0.29, 0.717) is 5.95 Å². The molecule has 112 valence electrons. The van der Waals surface area contributed by atoms with Gasteiger partial charge in [0.2, 0.25) is 5.95 Å². The van der Waals surface area contributed by atoms with Crippen molar-refractivity contribution in [1.29, 1.82) is 0 Å². The molecular formula is C14H24N4O2. The molecule has 20 heavy (non-hydrogen) atoms. The Morgan fingerprint density at radius 3 is 2.90 bits per heavy atom. The first kappa shape index (κ1) is 15.2. The lowest BCUT2D eigenvalue weighted by atomic mass is 10.1. The molecule has 0 aliphatic carbocycles. The summed E-state index contributed by atoms with van der Waals surface area (Å²) < 4.78 is 5.82. The molecule has 1 saturated heterocycles. The Labute approximate surface area is 120 Å². The Kier molecular flexibility index (Phi) is 4.57. The third kappa shape index (κ3) is 3.88. The van der Waals surface area contributed by atoms with Crippen LogP contribution in [0.15, 0.2) is 12.3 Å². The fourth-order valence-corrected chi connectivity index (χ4v) is 2.55. The summed E-state index contributed by atoms with van der Waals surface area (Å²) in [4.78, 5) is 12.9. The van der Waals surface area contributed by atoms with E-state index in [0.717, 1.165) is 25.3 Å². The molecule has 6 nitrogen and oxygen atoms in total. The van der Waals surface area contributed by atoms with Crippen molar-refractivity contribution in [2.24, 2.45) is 0 Å². The van der Waals surface area contributed by atoms with Gasteiger partial charge in [-0.05, 0) is 19.9 Å². The van der Waals surface area contributed by atoms with Gasteiger partial charge >= 0.3 is 0 Å². The van der Waals surface area contributed by atoms with Gasteiger partial charge in [-0.1, -0.05) is 0 Å².